The second-order valence-electron chi connectivity index (χ2n) is 8.85. The number of aryl methyl sites for hydroxylation is 2. The highest BCUT2D eigenvalue weighted by molar-refractivity contribution is 5.85. The molecule has 2 aliphatic rings. The Kier molecular flexibility index (Phi) is 7.75. The molecule has 0 radical (unpaired) electrons. The monoisotopic (exact) mass is 452 g/mol. The SMILES string of the molecule is O=C(CCc1ccc(=O)[nH]n1)N1CCCOc2cccc(c2)CCC2CCCCN2C(=O)C1. The van der Waals surface area contributed by atoms with E-state index in [-0.39, 0.29) is 36.4 Å². The zero-order chi connectivity index (χ0) is 23.0. The Morgan fingerprint density at radius 1 is 1.09 bits per heavy atom. The summed E-state index contributed by atoms with van der Waals surface area (Å²) >= 11 is 0. The first kappa shape index (κ1) is 23.0. The lowest BCUT2D eigenvalue weighted by Gasteiger charge is -2.37. The molecule has 2 amide bonds. The van der Waals surface area contributed by atoms with E-state index in [1.165, 1.54) is 11.6 Å². The summed E-state index contributed by atoms with van der Waals surface area (Å²) in [6.07, 6.45) is 6.26. The average Bonchev–Trinajstić information content (AvgIpc) is 2.84. The Morgan fingerprint density at radius 2 is 2.00 bits per heavy atom. The normalized spacial score (nSPS) is 19.9. The van der Waals surface area contributed by atoms with Crippen molar-refractivity contribution in [3.63, 3.8) is 0 Å². The lowest BCUT2D eigenvalue weighted by atomic mass is 9.95. The Labute approximate surface area is 193 Å². The van der Waals surface area contributed by atoms with Gasteiger partial charge in [0.05, 0.1) is 18.8 Å². The van der Waals surface area contributed by atoms with Gasteiger partial charge in [-0.2, -0.15) is 5.10 Å². The van der Waals surface area contributed by atoms with Crippen molar-refractivity contribution in [3.05, 3.63) is 58.0 Å². The molecule has 1 saturated heterocycles. The molecule has 0 aliphatic carbocycles. The summed E-state index contributed by atoms with van der Waals surface area (Å²) < 4.78 is 5.92. The molecule has 0 saturated carbocycles. The van der Waals surface area contributed by atoms with Crippen molar-refractivity contribution in [2.45, 2.75) is 57.4 Å². The number of hydrogen-bond acceptors (Lipinski definition) is 5. The van der Waals surface area contributed by atoms with Gasteiger partial charge in [-0.1, -0.05) is 12.1 Å². The van der Waals surface area contributed by atoms with E-state index in [0.29, 0.717) is 31.7 Å². The van der Waals surface area contributed by atoms with Gasteiger partial charge in [0.25, 0.3) is 5.56 Å². The summed E-state index contributed by atoms with van der Waals surface area (Å²) in [5.74, 6) is 0.795. The molecule has 33 heavy (non-hydrogen) atoms. The van der Waals surface area contributed by atoms with Crippen molar-refractivity contribution in [1.29, 1.82) is 0 Å². The van der Waals surface area contributed by atoms with E-state index in [4.69, 9.17) is 4.74 Å². The molecule has 8 heteroatoms. The van der Waals surface area contributed by atoms with Gasteiger partial charge in [0.15, 0.2) is 0 Å². The van der Waals surface area contributed by atoms with Crippen LogP contribution < -0.4 is 10.3 Å². The fourth-order valence-corrected chi connectivity index (χ4v) is 4.65. The third kappa shape index (κ3) is 6.43. The summed E-state index contributed by atoms with van der Waals surface area (Å²) in [6, 6.07) is 11.4. The van der Waals surface area contributed by atoms with Crippen molar-refractivity contribution in [2.24, 2.45) is 0 Å². The van der Waals surface area contributed by atoms with Crippen LogP contribution in [0.5, 0.6) is 5.75 Å². The fourth-order valence-electron chi connectivity index (χ4n) is 4.65. The Balaban J connectivity index is 1.47. The van der Waals surface area contributed by atoms with Crippen LogP contribution in [0.2, 0.25) is 0 Å². The second kappa shape index (κ2) is 11.1. The van der Waals surface area contributed by atoms with E-state index in [9.17, 15) is 14.4 Å². The Morgan fingerprint density at radius 3 is 2.85 bits per heavy atom. The van der Waals surface area contributed by atoms with Crippen LogP contribution in [-0.4, -0.2) is 64.1 Å². The van der Waals surface area contributed by atoms with Crippen LogP contribution in [0.3, 0.4) is 0 Å². The first-order valence-corrected chi connectivity index (χ1v) is 11.9. The number of aromatic nitrogens is 2. The van der Waals surface area contributed by atoms with E-state index in [1.54, 1.807) is 11.0 Å². The standard InChI is InChI=1S/C25H32N4O4/c30-23-12-9-20(26-27-23)10-13-24(31)28-14-4-16-33-22-7-3-5-19(17-22)8-11-21-6-1-2-15-29(21)25(32)18-28/h3,5,7,9,12,17,21H,1-2,4,6,8,10-11,13-16,18H2,(H,27,30). The topological polar surface area (TPSA) is 95.6 Å². The van der Waals surface area contributed by atoms with Crippen LogP contribution in [0.1, 0.15) is 49.8 Å². The van der Waals surface area contributed by atoms with Crippen LogP contribution in [0.4, 0.5) is 0 Å². The molecule has 1 N–H and O–H groups in total. The molecule has 3 heterocycles. The number of nitrogens with one attached hydrogen (secondary N) is 1. The number of carbonyl (C=O) groups excluding carboxylic acids is 2. The number of H-pyrrole nitrogens is 1. The summed E-state index contributed by atoms with van der Waals surface area (Å²) in [7, 11) is 0. The van der Waals surface area contributed by atoms with Gasteiger partial charge < -0.3 is 14.5 Å². The molecule has 1 aromatic carbocycles. The predicted octanol–water partition coefficient (Wildman–Crippen LogP) is 2.33. The number of amides is 2. The number of benzene rings is 1. The Hall–Kier alpha value is -3.16. The zero-order valence-corrected chi connectivity index (χ0v) is 19.0. The molecule has 1 fully saturated rings. The molecule has 1 unspecified atom stereocenters. The molecule has 1 atom stereocenters. The van der Waals surface area contributed by atoms with Gasteiger partial charge in [-0.25, -0.2) is 5.10 Å². The van der Waals surface area contributed by atoms with Crippen molar-refractivity contribution in [2.75, 3.05) is 26.2 Å². The van der Waals surface area contributed by atoms with Gasteiger partial charge in [0, 0.05) is 38.0 Å². The van der Waals surface area contributed by atoms with Crippen molar-refractivity contribution >= 4 is 11.8 Å². The van der Waals surface area contributed by atoms with Crippen molar-refractivity contribution < 1.29 is 14.3 Å². The number of hydrogen-bond donors (Lipinski definition) is 1. The average molecular weight is 453 g/mol. The third-order valence-corrected chi connectivity index (χ3v) is 6.46. The molecular weight excluding hydrogens is 420 g/mol. The maximum atomic E-state index is 13.3. The van der Waals surface area contributed by atoms with Gasteiger partial charge in [0.1, 0.15) is 5.75 Å². The minimum atomic E-state index is -0.271. The summed E-state index contributed by atoms with van der Waals surface area (Å²) in [6.45, 7) is 1.80. The van der Waals surface area contributed by atoms with Gasteiger partial charge >= 0.3 is 0 Å². The molecular formula is C25H32N4O4. The fraction of sp³-hybridized carbons (Fsp3) is 0.520. The number of piperidine rings is 1. The number of rotatable bonds is 3. The van der Waals surface area contributed by atoms with E-state index < -0.39 is 0 Å². The van der Waals surface area contributed by atoms with Gasteiger partial charge in [-0.15, -0.1) is 0 Å². The zero-order valence-electron chi connectivity index (χ0n) is 19.0. The number of aromatic amines is 1. The minimum absolute atomic E-state index is 0.0296. The van der Waals surface area contributed by atoms with E-state index in [1.807, 2.05) is 17.0 Å². The maximum absolute atomic E-state index is 13.3. The number of nitrogens with zero attached hydrogens (tertiary/aromatic N) is 3. The molecule has 2 aromatic rings. The highest BCUT2D eigenvalue weighted by Crippen LogP contribution is 2.23. The van der Waals surface area contributed by atoms with E-state index in [0.717, 1.165) is 44.4 Å². The first-order chi connectivity index (χ1) is 16.1. The van der Waals surface area contributed by atoms with Gasteiger partial charge in [-0.05, 0) is 62.3 Å². The first-order valence-electron chi connectivity index (χ1n) is 11.9. The molecule has 4 rings (SSSR count). The highest BCUT2D eigenvalue weighted by atomic mass is 16.5. The van der Waals surface area contributed by atoms with Crippen LogP contribution in [0.25, 0.3) is 0 Å². The molecule has 2 aliphatic heterocycles. The lowest BCUT2D eigenvalue weighted by Crippen LogP contribution is -2.49. The molecule has 0 spiro atoms. The second-order valence-corrected chi connectivity index (χ2v) is 8.85. The van der Waals surface area contributed by atoms with Crippen molar-refractivity contribution in [3.8, 4) is 5.75 Å². The molecule has 176 valence electrons. The molecule has 1 aromatic heterocycles. The third-order valence-electron chi connectivity index (χ3n) is 6.46. The summed E-state index contributed by atoms with van der Waals surface area (Å²) in [5, 5.41) is 6.37. The summed E-state index contributed by atoms with van der Waals surface area (Å²) in [4.78, 5) is 41.2. The summed E-state index contributed by atoms with van der Waals surface area (Å²) in [5.41, 5.74) is 1.61. The molecule has 8 nitrogen and oxygen atoms in total. The smallest absolute Gasteiger partial charge is 0.264 e. The van der Waals surface area contributed by atoms with Crippen LogP contribution in [-0.2, 0) is 22.4 Å². The van der Waals surface area contributed by atoms with Gasteiger partial charge in [0.2, 0.25) is 11.8 Å². The Bertz CT molecular complexity index is 1000. The maximum Gasteiger partial charge on any atom is 0.264 e. The highest BCUT2D eigenvalue weighted by Gasteiger charge is 2.29. The van der Waals surface area contributed by atoms with Crippen LogP contribution in [0, 0.1) is 0 Å². The number of carbonyl (C=O) groups is 2. The molecule has 2 bridgehead atoms. The van der Waals surface area contributed by atoms with Crippen LogP contribution >= 0.6 is 0 Å². The van der Waals surface area contributed by atoms with Crippen LogP contribution in [0.15, 0.2) is 41.2 Å². The number of fused-ring (bicyclic) bond motifs is 3. The largest absolute Gasteiger partial charge is 0.494 e. The van der Waals surface area contributed by atoms with E-state index >= 15 is 0 Å². The lowest BCUT2D eigenvalue weighted by molar-refractivity contribution is -0.143. The quantitative estimate of drug-likeness (QED) is 0.771. The van der Waals surface area contributed by atoms with Crippen molar-refractivity contribution in [1.82, 2.24) is 20.0 Å². The van der Waals surface area contributed by atoms with E-state index in [2.05, 4.69) is 22.3 Å². The number of ether oxygens (including phenoxy) is 1. The van der Waals surface area contributed by atoms with Gasteiger partial charge in [-0.3, -0.25) is 14.4 Å². The minimum Gasteiger partial charge on any atom is -0.494 e. The predicted molar refractivity (Wildman–Crippen MR) is 124 cm³/mol.